The van der Waals surface area contributed by atoms with Crippen molar-refractivity contribution in [2.45, 2.75) is 57.7 Å². The van der Waals surface area contributed by atoms with E-state index in [1.165, 1.54) is 5.56 Å². The van der Waals surface area contributed by atoms with Crippen molar-refractivity contribution in [1.82, 2.24) is 10.2 Å². The summed E-state index contributed by atoms with van der Waals surface area (Å²) >= 11 is 0. The number of hydrogen-bond acceptors (Lipinski definition) is 3. The number of likely N-dealkylation sites (tertiary alicyclic amines) is 1. The minimum atomic E-state index is -0.420. The van der Waals surface area contributed by atoms with E-state index in [1.807, 2.05) is 32.0 Å². The SMILES string of the molecule is CC(C)NC(=O)[C@@H]1C[C@@H](N)CN1C(=O)CCCc1ccccc1. The van der Waals surface area contributed by atoms with Crippen molar-refractivity contribution >= 4 is 11.8 Å². The lowest BCUT2D eigenvalue weighted by molar-refractivity contribution is -0.138. The summed E-state index contributed by atoms with van der Waals surface area (Å²) in [6, 6.07) is 9.65. The van der Waals surface area contributed by atoms with Crippen LogP contribution in [-0.4, -0.2) is 41.4 Å². The van der Waals surface area contributed by atoms with Gasteiger partial charge in [-0.25, -0.2) is 0 Å². The molecule has 1 aliphatic heterocycles. The number of hydrogen-bond donors (Lipinski definition) is 2. The Morgan fingerprint density at radius 2 is 2.00 bits per heavy atom. The molecule has 1 fully saturated rings. The number of nitrogens with one attached hydrogen (secondary N) is 1. The van der Waals surface area contributed by atoms with Gasteiger partial charge in [-0.3, -0.25) is 9.59 Å². The standard InChI is InChI=1S/C18H27N3O2/c1-13(2)20-18(23)16-11-15(19)12-21(16)17(22)10-6-9-14-7-4-3-5-8-14/h3-5,7-8,13,15-16H,6,9-12,19H2,1-2H3,(H,20,23)/t15-,16+/m1/s1. The molecule has 0 radical (unpaired) electrons. The van der Waals surface area contributed by atoms with E-state index >= 15 is 0 Å². The van der Waals surface area contributed by atoms with E-state index in [-0.39, 0.29) is 23.9 Å². The third kappa shape index (κ3) is 5.06. The maximum absolute atomic E-state index is 12.5. The second-order valence-corrected chi connectivity index (χ2v) is 6.56. The van der Waals surface area contributed by atoms with Gasteiger partial charge in [0.25, 0.3) is 0 Å². The molecule has 1 aromatic carbocycles. The highest BCUT2D eigenvalue weighted by Gasteiger charge is 2.37. The largest absolute Gasteiger partial charge is 0.352 e. The Kier molecular flexibility index (Phi) is 6.16. The van der Waals surface area contributed by atoms with Crippen LogP contribution in [0.1, 0.15) is 38.7 Å². The van der Waals surface area contributed by atoms with Crippen molar-refractivity contribution in [1.29, 1.82) is 0 Å². The normalized spacial score (nSPS) is 20.8. The molecule has 1 aliphatic rings. The Morgan fingerprint density at radius 3 is 2.65 bits per heavy atom. The van der Waals surface area contributed by atoms with Gasteiger partial charge in [0.05, 0.1) is 0 Å². The molecule has 5 nitrogen and oxygen atoms in total. The van der Waals surface area contributed by atoms with Crippen LogP contribution in [0.4, 0.5) is 0 Å². The summed E-state index contributed by atoms with van der Waals surface area (Å²) in [5.74, 6) is -0.0675. The monoisotopic (exact) mass is 317 g/mol. The summed E-state index contributed by atoms with van der Waals surface area (Å²) in [5.41, 5.74) is 7.20. The van der Waals surface area contributed by atoms with Crippen molar-refractivity contribution in [3.05, 3.63) is 35.9 Å². The highest BCUT2D eigenvalue weighted by atomic mass is 16.2. The predicted molar refractivity (Wildman–Crippen MR) is 90.8 cm³/mol. The fourth-order valence-electron chi connectivity index (χ4n) is 3.01. The first-order chi connectivity index (χ1) is 11.0. The van der Waals surface area contributed by atoms with Gasteiger partial charge in [-0.1, -0.05) is 30.3 Å². The van der Waals surface area contributed by atoms with Gasteiger partial charge in [0.1, 0.15) is 6.04 Å². The van der Waals surface area contributed by atoms with Crippen LogP contribution in [0.5, 0.6) is 0 Å². The molecule has 126 valence electrons. The molecule has 1 saturated heterocycles. The summed E-state index contributed by atoms with van der Waals surface area (Å²) in [4.78, 5) is 26.4. The van der Waals surface area contributed by atoms with E-state index in [4.69, 9.17) is 5.73 Å². The number of amides is 2. The maximum Gasteiger partial charge on any atom is 0.243 e. The molecule has 3 N–H and O–H groups in total. The number of nitrogens with zero attached hydrogens (tertiary/aromatic N) is 1. The molecule has 1 aromatic rings. The molecule has 0 aliphatic carbocycles. The third-order valence-corrected chi connectivity index (χ3v) is 4.09. The van der Waals surface area contributed by atoms with E-state index in [0.717, 1.165) is 12.8 Å². The van der Waals surface area contributed by atoms with Crippen LogP contribution < -0.4 is 11.1 Å². The summed E-state index contributed by atoms with van der Waals surface area (Å²) < 4.78 is 0. The van der Waals surface area contributed by atoms with Crippen molar-refractivity contribution < 1.29 is 9.59 Å². The van der Waals surface area contributed by atoms with Crippen LogP contribution in [0.15, 0.2) is 30.3 Å². The molecule has 0 aromatic heterocycles. The molecule has 0 spiro atoms. The van der Waals surface area contributed by atoms with Crippen molar-refractivity contribution in [3.8, 4) is 0 Å². The van der Waals surface area contributed by atoms with Gasteiger partial charge in [0.2, 0.25) is 11.8 Å². The molecule has 0 bridgehead atoms. The third-order valence-electron chi connectivity index (χ3n) is 4.09. The molecule has 23 heavy (non-hydrogen) atoms. The van der Waals surface area contributed by atoms with E-state index in [2.05, 4.69) is 17.4 Å². The number of carbonyl (C=O) groups is 2. The first kappa shape index (κ1) is 17.5. The summed E-state index contributed by atoms with van der Waals surface area (Å²) in [5, 5.41) is 2.88. The Balaban J connectivity index is 1.87. The van der Waals surface area contributed by atoms with Gasteiger partial charge in [-0.05, 0) is 38.7 Å². The Bertz CT molecular complexity index is 530. The average Bonchev–Trinajstić information content (AvgIpc) is 2.90. The Labute approximate surface area is 138 Å². The second-order valence-electron chi connectivity index (χ2n) is 6.56. The lowest BCUT2D eigenvalue weighted by atomic mass is 10.1. The molecular weight excluding hydrogens is 290 g/mol. The van der Waals surface area contributed by atoms with E-state index in [1.54, 1.807) is 4.90 Å². The lowest BCUT2D eigenvalue weighted by Crippen LogP contribution is -2.47. The smallest absolute Gasteiger partial charge is 0.243 e. The predicted octanol–water partition coefficient (Wildman–Crippen LogP) is 1.46. The Morgan fingerprint density at radius 1 is 1.30 bits per heavy atom. The highest BCUT2D eigenvalue weighted by molar-refractivity contribution is 5.88. The summed E-state index contributed by atoms with van der Waals surface area (Å²) in [7, 11) is 0. The van der Waals surface area contributed by atoms with Gasteiger partial charge in [0, 0.05) is 25.0 Å². The lowest BCUT2D eigenvalue weighted by Gasteiger charge is -2.24. The quantitative estimate of drug-likeness (QED) is 0.834. The van der Waals surface area contributed by atoms with Gasteiger partial charge >= 0.3 is 0 Å². The molecule has 1 heterocycles. The zero-order valence-corrected chi connectivity index (χ0v) is 14.0. The fraction of sp³-hybridized carbons (Fsp3) is 0.556. The zero-order valence-electron chi connectivity index (χ0n) is 14.0. The molecule has 0 saturated carbocycles. The van der Waals surface area contributed by atoms with Crippen LogP contribution >= 0.6 is 0 Å². The fourth-order valence-corrected chi connectivity index (χ4v) is 3.01. The number of carbonyl (C=O) groups excluding carboxylic acids is 2. The van der Waals surface area contributed by atoms with Crippen molar-refractivity contribution in [2.75, 3.05) is 6.54 Å². The van der Waals surface area contributed by atoms with Crippen LogP contribution in [0.3, 0.4) is 0 Å². The first-order valence-corrected chi connectivity index (χ1v) is 8.36. The Hall–Kier alpha value is -1.88. The van der Waals surface area contributed by atoms with Gasteiger partial charge < -0.3 is 16.0 Å². The number of rotatable bonds is 6. The maximum atomic E-state index is 12.5. The number of aryl methyl sites for hydroxylation is 1. The topological polar surface area (TPSA) is 75.4 Å². The van der Waals surface area contributed by atoms with Crippen LogP contribution in [0.25, 0.3) is 0 Å². The van der Waals surface area contributed by atoms with E-state index in [9.17, 15) is 9.59 Å². The average molecular weight is 317 g/mol. The van der Waals surface area contributed by atoms with E-state index < -0.39 is 6.04 Å². The van der Waals surface area contributed by atoms with Crippen LogP contribution in [-0.2, 0) is 16.0 Å². The molecule has 5 heteroatoms. The minimum absolute atomic E-state index is 0.0257. The van der Waals surface area contributed by atoms with Gasteiger partial charge in [-0.15, -0.1) is 0 Å². The highest BCUT2D eigenvalue weighted by Crippen LogP contribution is 2.19. The van der Waals surface area contributed by atoms with Crippen molar-refractivity contribution in [2.24, 2.45) is 5.73 Å². The first-order valence-electron chi connectivity index (χ1n) is 8.36. The van der Waals surface area contributed by atoms with Crippen molar-refractivity contribution in [3.63, 3.8) is 0 Å². The zero-order chi connectivity index (χ0) is 16.8. The summed E-state index contributed by atoms with van der Waals surface area (Å²) in [6.45, 7) is 4.30. The second kappa shape index (κ2) is 8.11. The molecule has 2 atom stereocenters. The molecule has 2 amide bonds. The number of benzene rings is 1. The minimum Gasteiger partial charge on any atom is -0.352 e. The molecular formula is C18H27N3O2. The summed E-state index contributed by atoms with van der Waals surface area (Å²) in [6.07, 6.45) is 2.65. The van der Waals surface area contributed by atoms with Gasteiger partial charge in [-0.2, -0.15) is 0 Å². The molecule has 2 rings (SSSR count). The van der Waals surface area contributed by atoms with Crippen LogP contribution in [0, 0.1) is 0 Å². The van der Waals surface area contributed by atoms with Crippen LogP contribution in [0.2, 0.25) is 0 Å². The van der Waals surface area contributed by atoms with E-state index in [0.29, 0.717) is 19.4 Å². The number of nitrogens with two attached hydrogens (primary N) is 1. The molecule has 0 unspecified atom stereocenters. The van der Waals surface area contributed by atoms with Gasteiger partial charge in [0.15, 0.2) is 0 Å².